The van der Waals surface area contributed by atoms with Crippen molar-refractivity contribution in [3.05, 3.63) is 22.7 Å². The first-order valence-electron chi connectivity index (χ1n) is 5.90. The van der Waals surface area contributed by atoms with Crippen LogP contribution in [0.25, 0.3) is 0 Å². The molecule has 0 spiro atoms. The van der Waals surface area contributed by atoms with E-state index in [1.54, 1.807) is 12.1 Å². The van der Waals surface area contributed by atoms with Crippen molar-refractivity contribution in [2.24, 2.45) is 5.92 Å². The summed E-state index contributed by atoms with van der Waals surface area (Å²) in [5.41, 5.74) is 0.776. The molecule has 0 aromatic heterocycles. The number of hydrogen-bond acceptors (Lipinski definition) is 4. The number of sulfone groups is 1. The lowest BCUT2D eigenvalue weighted by Gasteiger charge is -2.16. The Bertz CT molecular complexity index is 614. The molecule has 0 bridgehead atoms. The molecule has 7 heteroatoms. The van der Waals surface area contributed by atoms with E-state index in [0.717, 1.165) is 5.56 Å². The summed E-state index contributed by atoms with van der Waals surface area (Å²) in [5, 5.41) is 0.0563. The van der Waals surface area contributed by atoms with E-state index in [9.17, 15) is 8.42 Å². The molecule has 0 radical (unpaired) electrons. The van der Waals surface area contributed by atoms with Gasteiger partial charge in [-0.15, -0.1) is 11.6 Å². The normalized spacial score (nSPS) is 25.5. The van der Waals surface area contributed by atoms with Gasteiger partial charge in [-0.2, -0.15) is 0 Å². The Hall–Kier alpha value is -0.650. The van der Waals surface area contributed by atoms with Gasteiger partial charge in [0.15, 0.2) is 21.3 Å². The molecule has 4 nitrogen and oxygen atoms in total. The van der Waals surface area contributed by atoms with Crippen molar-refractivity contribution in [1.29, 1.82) is 0 Å². The van der Waals surface area contributed by atoms with E-state index in [1.807, 2.05) is 0 Å². The lowest BCUT2D eigenvalue weighted by molar-refractivity contribution is 0.174. The van der Waals surface area contributed by atoms with Crippen molar-refractivity contribution in [1.82, 2.24) is 0 Å². The van der Waals surface area contributed by atoms with Crippen LogP contribution in [0.3, 0.4) is 0 Å². The SMILES string of the molecule is O=S1(=O)CCC(C(Cl)c2cc(Cl)c3c(c2)OCO3)C1. The zero-order valence-corrected chi connectivity index (χ0v) is 12.3. The number of ether oxygens (including phenoxy) is 2. The molecule has 104 valence electrons. The minimum Gasteiger partial charge on any atom is -0.454 e. The summed E-state index contributed by atoms with van der Waals surface area (Å²) in [7, 11) is -2.94. The van der Waals surface area contributed by atoms with Crippen LogP contribution < -0.4 is 9.47 Å². The zero-order chi connectivity index (χ0) is 13.6. The molecule has 3 rings (SSSR count). The number of halogens is 2. The lowest BCUT2D eigenvalue weighted by Crippen LogP contribution is -2.10. The largest absolute Gasteiger partial charge is 0.454 e. The van der Waals surface area contributed by atoms with Gasteiger partial charge in [0.2, 0.25) is 6.79 Å². The van der Waals surface area contributed by atoms with Crippen molar-refractivity contribution < 1.29 is 17.9 Å². The quantitative estimate of drug-likeness (QED) is 0.786. The van der Waals surface area contributed by atoms with Crippen LogP contribution in [0.1, 0.15) is 17.4 Å². The van der Waals surface area contributed by atoms with Crippen LogP contribution in [-0.2, 0) is 9.84 Å². The number of benzene rings is 1. The van der Waals surface area contributed by atoms with Crippen molar-refractivity contribution in [2.45, 2.75) is 11.8 Å². The van der Waals surface area contributed by atoms with E-state index in [4.69, 9.17) is 32.7 Å². The maximum atomic E-state index is 11.5. The third kappa shape index (κ3) is 2.51. The molecule has 1 aromatic carbocycles. The molecule has 0 amide bonds. The van der Waals surface area contributed by atoms with E-state index in [-0.39, 0.29) is 29.6 Å². The summed E-state index contributed by atoms with van der Waals surface area (Å²) in [4.78, 5) is 0. The molecular weight excluding hydrogens is 311 g/mol. The molecule has 0 N–H and O–H groups in total. The van der Waals surface area contributed by atoms with Crippen LogP contribution in [0.15, 0.2) is 12.1 Å². The minimum atomic E-state index is -2.94. The molecule has 2 atom stereocenters. The van der Waals surface area contributed by atoms with E-state index >= 15 is 0 Å². The van der Waals surface area contributed by atoms with Crippen LogP contribution in [-0.4, -0.2) is 26.7 Å². The van der Waals surface area contributed by atoms with Gasteiger partial charge in [0.1, 0.15) is 0 Å². The molecule has 2 unspecified atom stereocenters. The Balaban J connectivity index is 1.89. The molecule has 2 aliphatic heterocycles. The third-order valence-electron chi connectivity index (χ3n) is 3.45. The predicted octanol–water partition coefficient (Wildman–Crippen LogP) is 2.78. The second-order valence-corrected chi connectivity index (χ2v) is 7.91. The Morgan fingerprint density at radius 2 is 2.11 bits per heavy atom. The average molecular weight is 323 g/mol. The first-order valence-corrected chi connectivity index (χ1v) is 8.53. The Morgan fingerprint density at radius 1 is 1.32 bits per heavy atom. The fourth-order valence-corrected chi connectivity index (χ4v) is 5.03. The van der Waals surface area contributed by atoms with Crippen LogP contribution in [0, 0.1) is 5.92 Å². The van der Waals surface area contributed by atoms with Gasteiger partial charge < -0.3 is 9.47 Å². The summed E-state index contributed by atoms with van der Waals surface area (Å²) in [6.45, 7) is 0.142. The van der Waals surface area contributed by atoms with E-state index in [0.29, 0.717) is 22.9 Å². The molecule has 19 heavy (non-hydrogen) atoms. The first-order chi connectivity index (χ1) is 8.96. The van der Waals surface area contributed by atoms with Crippen LogP contribution >= 0.6 is 23.2 Å². The van der Waals surface area contributed by atoms with Crippen molar-refractivity contribution in [3.63, 3.8) is 0 Å². The average Bonchev–Trinajstić information content (AvgIpc) is 2.94. The smallest absolute Gasteiger partial charge is 0.231 e. The molecule has 1 aromatic rings. The molecule has 1 saturated heterocycles. The highest BCUT2D eigenvalue weighted by molar-refractivity contribution is 7.91. The fraction of sp³-hybridized carbons (Fsp3) is 0.500. The maximum absolute atomic E-state index is 11.5. The van der Waals surface area contributed by atoms with Gasteiger partial charge in [-0.1, -0.05) is 11.6 Å². The molecule has 0 aliphatic carbocycles. The first kappa shape index (κ1) is 13.3. The summed E-state index contributed by atoms with van der Waals surface area (Å²) >= 11 is 12.5. The highest BCUT2D eigenvalue weighted by Gasteiger charge is 2.34. The topological polar surface area (TPSA) is 52.6 Å². The van der Waals surface area contributed by atoms with E-state index in [2.05, 4.69) is 0 Å². The number of alkyl halides is 1. The molecule has 1 fully saturated rings. The number of fused-ring (bicyclic) bond motifs is 1. The Labute approximate surface area is 121 Å². The minimum absolute atomic E-state index is 0.0805. The fourth-order valence-electron chi connectivity index (χ4n) is 2.47. The Kier molecular flexibility index (Phi) is 3.31. The highest BCUT2D eigenvalue weighted by atomic mass is 35.5. The van der Waals surface area contributed by atoms with Gasteiger partial charge in [0, 0.05) is 0 Å². The third-order valence-corrected chi connectivity index (χ3v) is 6.13. The molecule has 2 heterocycles. The van der Waals surface area contributed by atoms with Crippen molar-refractivity contribution in [2.75, 3.05) is 18.3 Å². The second-order valence-electron chi connectivity index (χ2n) is 4.80. The Morgan fingerprint density at radius 3 is 2.79 bits per heavy atom. The number of hydrogen-bond donors (Lipinski definition) is 0. The summed E-state index contributed by atoms with van der Waals surface area (Å²) < 4.78 is 33.5. The lowest BCUT2D eigenvalue weighted by atomic mass is 9.98. The molecule has 2 aliphatic rings. The van der Waals surface area contributed by atoms with Gasteiger partial charge in [0.05, 0.1) is 21.9 Å². The van der Waals surface area contributed by atoms with Gasteiger partial charge >= 0.3 is 0 Å². The van der Waals surface area contributed by atoms with Gasteiger partial charge in [-0.05, 0) is 30.0 Å². The van der Waals surface area contributed by atoms with Gasteiger partial charge in [-0.25, -0.2) is 8.42 Å². The standard InChI is InChI=1S/C12H12Cl2O4S/c13-9-3-8(4-10-12(9)18-6-17-10)11(14)7-1-2-19(15,16)5-7/h3-4,7,11H,1-2,5-6H2. The summed E-state index contributed by atoms with van der Waals surface area (Å²) in [5.74, 6) is 1.34. The van der Waals surface area contributed by atoms with Gasteiger partial charge in [0.25, 0.3) is 0 Å². The maximum Gasteiger partial charge on any atom is 0.231 e. The van der Waals surface area contributed by atoms with Crippen LogP contribution in [0.5, 0.6) is 11.5 Å². The van der Waals surface area contributed by atoms with E-state index < -0.39 is 9.84 Å². The predicted molar refractivity (Wildman–Crippen MR) is 72.9 cm³/mol. The van der Waals surface area contributed by atoms with Crippen molar-refractivity contribution >= 4 is 33.0 Å². The van der Waals surface area contributed by atoms with Crippen molar-refractivity contribution in [3.8, 4) is 11.5 Å². The molecule has 0 saturated carbocycles. The van der Waals surface area contributed by atoms with Crippen LogP contribution in [0.4, 0.5) is 0 Å². The summed E-state index contributed by atoms with van der Waals surface area (Å²) in [6.07, 6.45) is 0.586. The summed E-state index contributed by atoms with van der Waals surface area (Å²) in [6, 6.07) is 3.49. The van der Waals surface area contributed by atoms with Gasteiger partial charge in [-0.3, -0.25) is 0 Å². The zero-order valence-electron chi connectivity index (χ0n) is 9.93. The monoisotopic (exact) mass is 322 g/mol. The highest BCUT2D eigenvalue weighted by Crippen LogP contribution is 2.44. The van der Waals surface area contributed by atoms with E-state index in [1.165, 1.54) is 0 Å². The number of rotatable bonds is 2. The second kappa shape index (κ2) is 4.72. The van der Waals surface area contributed by atoms with Crippen LogP contribution in [0.2, 0.25) is 5.02 Å². The molecular formula is C12H12Cl2O4S.